The van der Waals surface area contributed by atoms with Crippen LogP contribution in [0.25, 0.3) is 0 Å². The summed E-state index contributed by atoms with van der Waals surface area (Å²) in [6, 6.07) is 9.89. The number of rotatable bonds is 7. The molecule has 1 N–H and O–H groups in total. The van der Waals surface area contributed by atoms with E-state index in [0.29, 0.717) is 0 Å². The first kappa shape index (κ1) is 18.7. The Kier molecular flexibility index (Phi) is 5.32. The Morgan fingerprint density at radius 2 is 1.96 bits per heavy atom. The van der Waals surface area contributed by atoms with Crippen LogP contribution in [0.1, 0.15) is 22.2 Å². The molecule has 1 amide bonds. The molecule has 1 aromatic heterocycles. The molecule has 1 aromatic carbocycles. The van der Waals surface area contributed by atoms with Crippen molar-refractivity contribution >= 4 is 17.4 Å². The van der Waals surface area contributed by atoms with Gasteiger partial charge in [0.05, 0.1) is 24.5 Å². The second-order valence-electron chi connectivity index (χ2n) is 6.45. The van der Waals surface area contributed by atoms with Crippen LogP contribution in [0.15, 0.2) is 58.4 Å². The predicted molar refractivity (Wildman–Crippen MR) is 99.8 cm³/mol. The molecule has 3 rings (SSSR count). The zero-order valence-corrected chi connectivity index (χ0v) is 15.5. The fraction of sp³-hybridized carbons (Fsp3) is 0.300. The van der Waals surface area contributed by atoms with E-state index in [9.17, 15) is 14.7 Å². The fourth-order valence-corrected chi connectivity index (χ4v) is 3.15. The molecule has 2 heterocycles. The van der Waals surface area contributed by atoms with Gasteiger partial charge in [-0.15, -0.1) is 0 Å². The second-order valence-corrected chi connectivity index (χ2v) is 6.45. The molecule has 7 nitrogen and oxygen atoms in total. The Morgan fingerprint density at radius 3 is 2.52 bits per heavy atom. The summed E-state index contributed by atoms with van der Waals surface area (Å²) >= 11 is 0. The molecule has 0 aliphatic carbocycles. The molecule has 27 heavy (non-hydrogen) atoms. The lowest BCUT2D eigenvalue weighted by Crippen LogP contribution is -2.34. The molecular weight excluding hydrogens is 348 g/mol. The maximum Gasteiger partial charge on any atom is 0.290 e. The number of aliphatic hydroxyl groups excluding tert-OH is 1. The van der Waals surface area contributed by atoms with Gasteiger partial charge in [0, 0.05) is 33.4 Å². The first-order valence-corrected chi connectivity index (χ1v) is 8.54. The number of hydrogen-bond donors (Lipinski definition) is 1. The molecule has 0 radical (unpaired) electrons. The number of Topliss-reactive ketones (excluding diaryl/α,β-unsaturated/α-hetero) is 1. The lowest BCUT2D eigenvalue weighted by molar-refractivity contribution is -0.130. The average molecular weight is 370 g/mol. The summed E-state index contributed by atoms with van der Waals surface area (Å²) in [5.74, 6) is -1.57. The molecule has 0 bridgehead atoms. The number of aliphatic hydroxyl groups is 1. The van der Waals surface area contributed by atoms with Gasteiger partial charge < -0.3 is 24.1 Å². The zero-order chi connectivity index (χ0) is 19.6. The predicted octanol–water partition coefficient (Wildman–Crippen LogP) is 2.57. The molecule has 0 spiro atoms. The van der Waals surface area contributed by atoms with E-state index in [-0.39, 0.29) is 24.5 Å². The molecule has 1 unspecified atom stereocenters. The van der Waals surface area contributed by atoms with Crippen LogP contribution in [0.3, 0.4) is 0 Å². The van der Waals surface area contributed by atoms with E-state index in [0.717, 1.165) is 11.3 Å². The van der Waals surface area contributed by atoms with E-state index >= 15 is 0 Å². The first-order chi connectivity index (χ1) is 13.0. The first-order valence-electron chi connectivity index (χ1n) is 8.54. The zero-order valence-electron chi connectivity index (χ0n) is 15.5. The summed E-state index contributed by atoms with van der Waals surface area (Å²) in [6.07, 6.45) is 1.38. The highest BCUT2D eigenvalue weighted by Crippen LogP contribution is 2.39. The van der Waals surface area contributed by atoms with Crippen molar-refractivity contribution in [2.75, 3.05) is 39.3 Å². The maximum atomic E-state index is 12.9. The van der Waals surface area contributed by atoms with E-state index < -0.39 is 23.5 Å². The molecule has 1 aliphatic heterocycles. The number of ether oxygens (including phenoxy) is 1. The van der Waals surface area contributed by atoms with E-state index in [1.165, 1.54) is 24.3 Å². The third kappa shape index (κ3) is 3.46. The van der Waals surface area contributed by atoms with Crippen molar-refractivity contribution in [2.45, 2.75) is 6.04 Å². The molecular formula is C20H22N2O5. The van der Waals surface area contributed by atoms with Crippen molar-refractivity contribution in [1.82, 2.24) is 4.90 Å². The topological polar surface area (TPSA) is 83.2 Å². The minimum absolute atomic E-state index is 0.0173. The Bertz CT molecular complexity index is 853. The summed E-state index contributed by atoms with van der Waals surface area (Å²) in [7, 11) is 5.39. The molecule has 2 aromatic rings. The fourth-order valence-electron chi connectivity index (χ4n) is 3.15. The monoisotopic (exact) mass is 370 g/mol. The average Bonchev–Trinajstić information content (AvgIpc) is 3.28. The standard InChI is InChI=1S/C20H22N2O5/c1-21(2)14-8-6-13(7-9-14)17-16(18(23)15-5-4-11-27-15)19(24)20(25)22(17)10-12-26-3/h4-9,11,17,24H,10,12H2,1-3H3. The number of ketones is 1. The third-order valence-corrected chi connectivity index (χ3v) is 4.55. The van der Waals surface area contributed by atoms with E-state index in [1.807, 2.05) is 43.3 Å². The number of carbonyl (C=O) groups is 2. The summed E-state index contributed by atoms with van der Waals surface area (Å²) in [6.45, 7) is 0.530. The quantitative estimate of drug-likeness (QED) is 0.754. The molecule has 1 aliphatic rings. The number of carbonyl (C=O) groups excluding carboxylic acids is 2. The number of furan rings is 1. The Hall–Kier alpha value is -3.06. The highest BCUT2D eigenvalue weighted by Gasteiger charge is 2.44. The molecule has 142 valence electrons. The van der Waals surface area contributed by atoms with Gasteiger partial charge >= 0.3 is 0 Å². The van der Waals surface area contributed by atoms with Crippen LogP contribution in [-0.2, 0) is 9.53 Å². The maximum absolute atomic E-state index is 12.9. The third-order valence-electron chi connectivity index (χ3n) is 4.55. The Labute approximate surface area is 157 Å². The van der Waals surface area contributed by atoms with Gasteiger partial charge in [0.2, 0.25) is 5.78 Å². The van der Waals surface area contributed by atoms with E-state index in [2.05, 4.69) is 0 Å². The van der Waals surface area contributed by atoms with Crippen molar-refractivity contribution in [3.05, 3.63) is 65.3 Å². The van der Waals surface area contributed by atoms with Gasteiger partial charge in [-0.1, -0.05) is 12.1 Å². The minimum Gasteiger partial charge on any atom is -0.503 e. The summed E-state index contributed by atoms with van der Waals surface area (Å²) in [4.78, 5) is 28.9. The molecule has 7 heteroatoms. The van der Waals surface area contributed by atoms with Crippen LogP contribution < -0.4 is 4.90 Å². The van der Waals surface area contributed by atoms with Crippen LogP contribution in [0.2, 0.25) is 0 Å². The van der Waals surface area contributed by atoms with Crippen molar-refractivity contribution in [1.29, 1.82) is 0 Å². The van der Waals surface area contributed by atoms with Crippen molar-refractivity contribution in [3.8, 4) is 0 Å². The van der Waals surface area contributed by atoms with Gasteiger partial charge in [0.1, 0.15) is 0 Å². The largest absolute Gasteiger partial charge is 0.503 e. The number of amides is 1. The highest BCUT2D eigenvalue weighted by atomic mass is 16.5. The number of anilines is 1. The highest BCUT2D eigenvalue weighted by molar-refractivity contribution is 6.15. The number of nitrogens with zero attached hydrogens (tertiary/aromatic N) is 2. The van der Waals surface area contributed by atoms with Gasteiger partial charge in [-0.25, -0.2) is 0 Å². The number of methoxy groups -OCH3 is 1. The number of hydrogen-bond acceptors (Lipinski definition) is 6. The van der Waals surface area contributed by atoms with E-state index in [1.54, 1.807) is 6.07 Å². The Balaban J connectivity index is 2.05. The minimum atomic E-state index is -0.707. The van der Waals surface area contributed by atoms with Gasteiger partial charge in [-0.05, 0) is 29.8 Å². The number of benzene rings is 1. The van der Waals surface area contributed by atoms with Crippen LogP contribution >= 0.6 is 0 Å². The Morgan fingerprint density at radius 1 is 1.26 bits per heavy atom. The molecule has 1 atom stereocenters. The lowest BCUT2D eigenvalue weighted by Gasteiger charge is -2.26. The molecule has 0 saturated carbocycles. The van der Waals surface area contributed by atoms with Crippen LogP contribution in [-0.4, -0.2) is 56.1 Å². The van der Waals surface area contributed by atoms with Gasteiger partial charge in [-0.2, -0.15) is 0 Å². The molecule has 0 fully saturated rings. The van der Waals surface area contributed by atoms with Gasteiger partial charge in [-0.3, -0.25) is 9.59 Å². The van der Waals surface area contributed by atoms with Gasteiger partial charge in [0.25, 0.3) is 5.91 Å². The lowest BCUT2D eigenvalue weighted by atomic mass is 9.95. The summed E-state index contributed by atoms with van der Waals surface area (Å²) in [5, 5.41) is 10.4. The van der Waals surface area contributed by atoms with Crippen molar-refractivity contribution < 1.29 is 23.8 Å². The normalized spacial score (nSPS) is 16.9. The van der Waals surface area contributed by atoms with Crippen LogP contribution in [0, 0.1) is 0 Å². The summed E-state index contributed by atoms with van der Waals surface area (Å²) in [5.41, 5.74) is 1.73. The van der Waals surface area contributed by atoms with Crippen molar-refractivity contribution in [3.63, 3.8) is 0 Å². The SMILES string of the molecule is COCCN1C(=O)C(O)=C(C(=O)c2ccco2)C1c1ccc(N(C)C)cc1. The molecule has 0 saturated heterocycles. The van der Waals surface area contributed by atoms with Gasteiger partial charge in [0.15, 0.2) is 11.5 Å². The summed E-state index contributed by atoms with van der Waals surface area (Å²) < 4.78 is 10.3. The van der Waals surface area contributed by atoms with Crippen LogP contribution in [0.4, 0.5) is 5.69 Å². The second kappa shape index (κ2) is 7.67. The van der Waals surface area contributed by atoms with E-state index in [4.69, 9.17) is 9.15 Å². The smallest absolute Gasteiger partial charge is 0.290 e. The van der Waals surface area contributed by atoms with Crippen LogP contribution in [0.5, 0.6) is 0 Å². The van der Waals surface area contributed by atoms with Crippen molar-refractivity contribution in [2.24, 2.45) is 0 Å².